The van der Waals surface area contributed by atoms with Crippen LogP contribution in [0, 0.1) is 10.1 Å². The highest BCUT2D eigenvalue weighted by molar-refractivity contribution is 5.96. The molecule has 0 radical (unpaired) electrons. The van der Waals surface area contributed by atoms with Crippen LogP contribution in [-0.4, -0.2) is 9.91 Å². The van der Waals surface area contributed by atoms with E-state index in [1.54, 1.807) is 24.6 Å². The van der Waals surface area contributed by atoms with E-state index >= 15 is 0 Å². The molecule has 21 heavy (non-hydrogen) atoms. The van der Waals surface area contributed by atoms with Crippen molar-refractivity contribution in [2.24, 2.45) is 0 Å². The van der Waals surface area contributed by atoms with Gasteiger partial charge in [-0.1, -0.05) is 12.1 Å². The summed E-state index contributed by atoms with van der Waals surface area (Å²) >= 11 is 0. The standard InChI is InChI=1S/C15H13N3O3/c1-10(14-6-3-9-21-14)17-12-7-8-16-15-11(12)4-2-5-13(15)18(19)20/h2-10H,1H3,(H,16,17). The minimum atomic E-state index is -0.422. The molecule has 1 atom stereocenters. The molecule has 0 aliphatic carbocycles. The topological polar surface area (TPSA) is 81.2 Å². The molecule has 0 saturated carbocycles. The van der Waals surface area contributed by atoms with Crippen LogP contribution in [-0.2, 0) is 0 Å². The molecule has 0 amide bonds. The van der Waals surface area contributed by atoms with Crippen molar-refractivity contribution in [3.63, 3.8) is 0 Å². The fourth-order valence-electron chi connectivity index (χ4n) is 2.28. The van der Waals surface area contributed by atoms with E-state index in [0.29, 0.717) is 10.9 Å². The summed E-state index contributed by atoms with van der Waals surface area (Å²) in [4.78, 5) is 14.8. The van der Waals surface area contributed by atoms with Crippen LogP contribution >= 0.6 is 0 Å². The highest BCUT2D eigenvalue weighted by Gasteiger charge is 2.16. The van der Waals surface area contributed by atoms with Crippen molar-refractivity contribution < 1.29 is 9.34 Å². The summed E-state index contributed by atoms with van der Waals surface area (Å²) in [7, 11) is 0. The van der Waals surface area contributed by atoms with Gasteiger partial charge >= 0.3 is 0 Å². The minimum Gasteiger partial charge on any atom is -0.467 e. The number of anilines is 1. The minimum absolute atomic E-state index is 0.00167. The number of nitrogens with zero attached hydrogens (tertiary/aromatic N) is 2. The Kier molecular flexibility index (Phi) is 3.27. The number of benzene rings is 1. The Labute approximate surface area is 120 Å². The van der Waals surface area contributed by atoms with Gasteiger partial charge < -0.3 is 9.73 Å². The number of hydrogen-bond acceptors (Lipinski definition) is 5. The lowest BCUT2D eigenvalue weighted by molar-refractivity contribution is -0.383. The Bertz CT molecular complexity index is 784. The first-order valence-corrected chi connectivity index (χ1v) is 6.49. The third-order valence-electron chi connectivity index (χ3n) is 3.29. The van der Waals surface area contributed by atoms with E-state index in [4.69, 9.17) is 4.42 Å². The van der Waals surface area contributed by atoms with Crippen molar-refractivity contribution in [1.82, 2.24) is 4.98 Å². The second-order valence-electron chi connectivity index (χ2n) is 4.67. The van der Waals surface area contributed by atoms with Crippen molar-refractivity contribution in [2.45, 2.75) is 13.0 Å². The number of aromatic nitrogens is 1. The maximum atomic E-state index is 11.1. The molecule has 6 heteroatoms. The van der Waals surface area contributed by atoms with Gasteiger partial charge in [-0.3, -0.25) is 10.1 Å². The van der Waals surface area contributed by atoms with Crippen LogP contribution in [0.1, 0.15) is 18.7 Å². The molecule has 106 valence electrons. The molecule has 0 aliphatic rings. The van der Waals surface area contributed by atoms with Gasteiger partial charge in [0.15, 0.2) is 0 Å². The Morgan fingerprint density at radius 1 is 1.29 bits per heavy atom. The van der Waals surface area contributed by atoms with E-state index in [-0.39, 0.29) is 11.7 Å². The van der Waals surface area contributed by atoms with Crippen LogP contribution in [0.3, 0.4) is 0 Å². The van der Waals surface area contributed by atoms with Crippen molar-refractivity contribution >= 4 is 22.3 Å². The van der Waals surface area contributed by atoms with Crippen molar-refractivity contribution in [3.8, 4) is 0 Å². The van der Waals surface area contributed by atoms with E-state index in [2.05, 4.69) is 10.3 Å². The number of nitro benzene ring substituents is 1. The summed E-state index contributed by atoms with van der Waals surface area (Å²) in [5, 5.41) is 15.1. The number of nitrogens with one attached hydrogen (secondary N) is 1. The maximum absolute atomic E-state index is 11.1. The summed E-state index contributed by atoms with van der Waals surface area (Å²) in [6, 6.07) is 10.4. The zero-order valence-corrected chi connectivity index (χ0v) is 11.3. The zero-order valence-electron chi connectivity index (χ0n) is 11.3. The van der Waals surface area contributed by atoms with Crippen LogP contribution in [0.4, 0.5) is 11.4 Å². The summed E-state index contributed by atoms with van der Waals surface area (Å²) in [6.07, 6.45) is 3.18. The number of hydrogen-bond donors (Lipinski definition) is 1. The Morgan fingerprint density at radius 3 is 2.86 bits per heavy atom. The molecule has 2 heterocycles. The summed E-state index contributed by atoms with van der Waals surface area (Å²) in [6.45, 7) is 1.96. The van der Waals surface area contributed by atoms with Gasteiger partial charge in [-0.15, -0.1) is 0 Å². The Hall–Kier alpha value is -2.89. The molecule has 3 aromatic rings. The van der Waals surface area contributed by atoms with E-state index < -0.39 is 4.92 Å². The molecule has 0 bridgehead atoms. The first kappa shape index (κ1) is 13.1. The molecule has 3 rings (SSSR count). The Balaban J connectivity index is 2.03. The predicted molar refractivity (Wildman–Crippen MR) is 79.1 cm³/mol. The highest BCUT2D eigenvalue weighted by atomic mass is 16.6. The van der Waals surface area contributed by atoms with E-state index in [9.17, 15) is 10.1 Å². The summed E-state index contributed by atoms with van der Waals surface area (Å²) < 4.78 is 5.36. The number of furan rings is 1. The van der Waals surface area contributed by atoms with Crippen LogP contribution in [0.25, 0.3) is 10.9 Å². The van der Waals surface area contributed by atoms with Crippen LogP contribution < -0.4 is 5.32 Å². The summed E-state index contributed by atoms with van der Waals surface area (Å²) in [5.41, 5.74) is 1.16. The molecule has 1 unspecified atom stereocenters. The van der Waals surface area contributed by atoms with E-state index in [0.717, 1.165) is 11.4 Å². The molecule has 0 aliphatic heterocycles. The second-order valence-corrected chi connectivity index (χ2v) is 4.67. The number of rotatable bonds is 4. The van der Waals surface area contributed by atoms with Crippen molar-refractivity contribution in [3.05, 3.63) is 64.7 Å². The average Bonchev–Trinajstić information content (AvgIpc) is 3.01. The molecule has 2 aromatic heterocycles. The third-order valence-corrected chi connectivity index (χ3v) is 3.29. The van der Waals surface area contributed by atoms with Crippen LogP contribution in [0.2, 0.25) is 0 Å². The summed E-state index contributed by atoms with van der Waals surface area (Å²) in [5.74, 6) is 0.797. The van der Waals surface area contributed by atoms with Gasteiger partial charge in [0.1, 0.15) is 11.3 Å². The quantitative estimate of drug-likeness (QED) is 0.580. The first-order valence-electron chi connectivity index (χ1n) is 6.49. The fourth-order valence-corrected chi connectivity index (χ4v) is 2.28. The number of non-ortho nitro benzene ring substituents is 1. The van der Waals surface area contributed by atoms with Crippen molar-refractivity contribution in [1.29, 1.82) is 0 Å². The van der Waals surface area contributed by atoms with Gasteiger partial charge in [0.2, 0.25) is 0 Å². The smallest absolute Gasteiger partial charge is 0.295 e. The monoisotopic (exact) mass is 283 g/mol. The Morgan fingerprint density at radius 2 is 2.14 bits per heavy atom. The normalized spacial score (nSPS) is 12.2. The molecular formula is C15H13N3O3. The molecule has 0 spiro atoms. The van der Waals surface area contributed by atoms with Gasteiger partial charge in [-0.2, -0.15) is 0 Å². The number of nitro groups is 1. The largest absolute Gasteiger partial charge is 0.467 e. The molecule has 6 nitrogen and oxygen atoms in total. The van der Waals surface area contributed by atoms with Gasteiger partial charge in [-0.05, 0) is 25.1 Å². The lowest BCUT2D eigenvalue weighted by atomic mass is 10.1. The average molecular weight is 283 g/mol. The number of pyridine rings is 1. The molecule has 1 aromatic carbocycles. The highest BCUT2D eigenvalue weighted by Crippen LogP contribution is 2.30. The SMILES string of the molecule is CC(Nc1ccnc2c([N+](=O)[O-])cccc12)c1ccco1. The lowest BCUT2D eigenvalue weighted by Gasteiger charge is -2.14. The predicted octanol–water partition coefficient (Wildman–Crippen LogP) is 3.91. The van der Waals surface area contributed by atoms with E-state index in [1.807, 2.05) is 25.1 Å². The van der Waals surface area contributed by atoms with Gasteiger partial charge in [0, 0.05) is 23.3 Å². The van der Waals surface area contributed by atoms with Gasteiger partial charge in [0.25, 0.3) is 5.69 Å². The maximum Gasteiger partial charge on any atom is 0.295 e. The number of fused-ring (bicyclic) bond motifs is 1. The van der Waals surface area contributed by atoms with Crippen LogP contribution in [0.5, 0.6) is 0 Å². The molecule has 0 fully saturated rings. The first-order chi connectivity index (χ1) is 10.2. The fraction of sp³-hybridized carbons (Fsp3) is 0.133. The molecular weight excluding hydrogens is 270 g/mol. The van der Waals surface area contributed by atoms with Crippen molar-refractivity contribution in [2.75, 3.05) is 5.32 Å². The lowest BCUT2D eigenvalue weighted by Crippen LogP contribution is -2.06. The third kappa shape index (κ3) is 2.43. The molecule has 0 saturated heterocycles. The zero-order chi connectivity index (χ0) is 14.8. The van der Waals surface area contributed by atoms with E-state index in [1.165, 1.54) is 6.07 Å². The second kappa shape index (κ2) is 5.24. The van der Waals surface area contributed by atoms with Crippen LogP contribution in [0.15, 0.2) is 53.3 Å². The van der Waals surface area contributed by atoms with Gasteiger partial charge in [-0.25, -0.2) is 4.98 Å². The molecule has 1 N–H and O–H groups in total. The van der Waals surface area contributed by atoms with Gasteiger partial charge in [0.05, 0.1) is 17.2 Å². The number of para-hydroxylation sites is 1.